The first-order valence-electron chi connectivity index (χ1n) is 7.70. The monoisotopic (exact) mass is 255 g/mol. The zero-order valence-electron chi connectivity index (χ0n) is 12.0. The Labute approximate surface area is 112 Å². The maximum Gasteiger partial charge on any atom is 0.222 e. The van der Waals surface area contributed by atoms with Crippen LogP contribution >= 0.6 is 0 Å². The number of amides is 1. The molecule has 1 saturated heterocycles. The molecule has 0 radical (unpaired) electrons. The topological polar surface area (TPSA) is 29.5 Å². The van der Waals surface area contributed by atoms with Gasteiger partial charge in [-0.3, -0.25) is 4.79 Å². The van der Waals surface area contributed by atoms with E-state index >= 15 is 0 Å². The molecule has 0 spiro atoms. The first-order chi connectivity index (χ1) is 8.84. The Balaban J connectivity index is 1.77. The largest absolute Gasteiger partial charge is 0.381 e. The molecule has 1 amide bonds. The van der Waals surface area contributed by atoms with Crippen molar-refractivity contribution >= 4 is 5.91 Å². The molecule has 0 N–H and O–H groups in total. The molecule has 1 aliphatic heterocycles. The second-order valence-electron chi connectivity index (χ2n) is 5.22. The van der Waals surface area contributed by atoms with Gasteiger partial charge in [0, 0.05) is 32.7 Å². The Kier molecular flexibility index (Phi) is 8.92. The fraction of sp³-hybridized carbons (Fsp3) is 0.933. The van der Waals surface area contributed by atoms with Gasteiger partial charge >= 0.3 is 0 Å². The van der Waals surface area contributed by atoms with Crippen molar-refractivity contribution in [1.82, 2.24) is 4.90 Å². The van der Waals surface area contributed by atoms with E-state index in [-0.39, 0.29) is 0 Å². The maximum absolute atomic E-state index is 11.4. The molecule has 0 saturated carbocycles. The zero-order valence-corrected chi connectivity index (χ0v) is 12.0. The minimum Gasteiger partial charge on any atom is -0.381 e. The number of carbonyl (C=O) groups excluding carboxylic acids is 1. The van der Waals surface area contributed by atoms with Crippen LogP contribution in [0.25, 0.3) is 0 Å². The molecule has 106 valence electrons. The highest BCUT2D eigenvalue weighted by atomic mass is 16.5. The third-order valence-corrected chi connectivity index (χ3v) is 3.53. The summed E-state index contributed by atoms with van der Waals surface area (Å²) in [5, 5.41) is 0. The fourth-order valence-electron chi connectivity index (χ4n) is 2.36. The van der Waals surface area contributed by atoms with Crippen molar-refractivity contribution < 1.29 is 9.53 Å². The van der Waals surface area contributed by atoms with E-state index in [2.05, 4.69) is 6.92 Å². The predicted molar refractivity (Wildman–Crippen MR) is 74.6 cm³/mol. The zero-order chi connectivity index (χ0) is 13.1. The van der Waals surface area contributed by atoms with Gasteiger partial charge in [-0.15, -0.1) is 0 Å². The summed E-state index contributed by atoms with van der Waals surface area (Å²) in [5.74, 6) is 0.356. The number of nitrogens with zero attached hydrogens (tertiary/aromatic N) is 1. The van der Waals surface area contributed by atoms with Crippen molar-refractivity contribution in [2.45, 2.75) is 64.7 Å². The number of unbranched alkanes of at least 4 members (excludes halogenated alkanes) is 5. The van der Waals surface area contributed by atoms with Gasteiger partial charge in [-0.05, 0) is 25.7 Å². The second-order valence-corrected chi connectivity index (χ2v) is 5.22. The first kappa shape index (κ1) is 15.5. The molecule has 18 heavy (non-hydrogen) atoms. The minimum absolute atomic E-state index is 0.356. The average Bonchev–Trinajstić information content (AvgIpc) is 2.77. The molecule has 1 rings (SSSR count). The molecular weight excluding hydrogens is 226 g/mol. The quantitative estimate of drug-likeness (QED) is 0.530. The number of hydrogen-bond acceptors (Lipinski definition) is 2. The first-order valence-corrected chi connectivity index (χ1v) is 7.70. The summed E-state index contributed by atoms with van der Waals surface area (Å²) in [6.07, 6.45) is 10.4. The molecule has 0 atom stereocenters. The van der Waals surface area contributed by atoms with Crippen LogP contribution in [0.1, 0.15) is 64.7 Å². The van der Waals surface area contributed by atoms with E-state index in [1.165, 1.54) is 38.5 Å². The molecule has 0 unspecified atom stereocenters. The molecule has 0 aromatic heterocycles. The van der Waals surface area contributed by atoms with Gasteiger partial charge in [-0.2, -0.15) is 0 Å². The predicted octanol–water partition coefficient (Wildman–Crippen LogP) is 3.38. The lowest BCUT2D eigenvalue weighted by atomic mass is 10.2. The van der Waals surface area contributed by atoms with Crippen molar-refractivity contribution in [1.29, 1.82) is 0 Å². The van der Waals surface area contributed by atoms with E-state index in [1.807, 2.05) is 4.90 Å². The number of likely N-dealkylation sites (tertiary alicyclic amines) is 1. The minimum atomic E-state index is 0.356. The van der Waals surface area contributed by atoms with Crippen LogP contribution in [0.4, 0.5) is 0 Å². The molecule has 0 aromatic rings. The van der Waals surface area contributed by atoms with E-state index in [1.54, 1.807) is 0 Å². The van der Waals surface area contributed by atoms with E-state index in [0.717, 1.165) is 45.6 Å². The normalized spacial score (nSPS) is 15.6. The van der Waals surface area contributed by atoms with Crippen molar-refractivity contribution in [3.63, 3.8) is 0 Å². The molecular formula is C15H29NO2. The SMILES string of the molecule is CCCCCOCCCCCCN1CCCC1=O. The summed E-state index contributed by atoms with van der Waals surface area (Å²) >= 11 is 0. The average molecular weight is 255 g/mol. The van der Waals surface area contributed by atoms with Crippen LogP contribution in [0.15, 0.2) is 0 Å². The molecule has 3 heteroatoms. The lowest BCUT2D eigenvalue weighted by Crippen LogP contribution is -2.25. The maximum atomic E-state index is 11.4. The Morgan fingerprint density at radius 3 is 2.44 bits per heavy atom. The number of ether oxygens (including phenoxy) is 1. The molecule has 1 fully saturated rings. The van der Waals surface area contributed by atoms with Crippen LogP contribution in [-0.2, 0) is 9.53 Å². The molecule has 1 aliphatic rings. The Bertz CT molecular complexity index is 219. The Morgan fingerprint density at radius 2 is 1.78 bits per heavy atom. The fourth-order valence-corrected chi connectivity index (χ4v) is 2.36. The number of carbonyl (C=O) groups is 1. The standard InChI is InChI=1S/C15H29NO2/c1-2-3-7-13-18-14-8-5-4-6-11-16-12-9-10-15(16)17/h2-14H2,1H3. The van der Waals surface area contributed by atoms with Gasteiger partial charge in [-0.25, -0.2) is 0 Å². The summed E-state index contributed by atoms with van der Waals surface area (Å²) in [5.41, 5.74) is 0. The van der Waals surface area contributed by atoms with Crippen molar-refractivity contribution in [2.75, 3.05) is 26.3 Å². The summed E-state index contributed by atoms with van der Waals surface area (Å²) in [6, 6.07) is 0. The summed E-state index contributed by atoms with van der Waals surface area (Å²) in [6.45, 7) is 6.00. The van der Waals surface area contributed by atoms with E-state index in [9.17, 15) is 4.79 Å². The summed E-state index contributed by atoms with van der Waals surface area (Å²) in [7, 11) is 0. The molecule has 0 aliphatic carbocycles. The third kappa shape index (κ3) is 7.00. The molecule has 3 nitrogen and oxygen atoms in total. The number of hydrogen-bond donors (Lipinski definition) is 0. The third-order valence-electron chi connectivity index (χ3n) is 3.53. The smallest absolute Gasteiger partial charge is 0.222 e. The molecule has 0 aromatic carbocycles. The van der Waals surface area contributed by atoms with E-state index < -0.39 is 0 Å². The van der Waals surface area contributed by atoms with E-state index in [4.69, 9.17) is 4.74 Å². The Hall–Kier alpha value is -0.570. The van der Waals surface area contributed by atoms with Crippen molar-refractivity contribution in [3.8, 4) is 0 Å². The number of rotatable bonds is 11. The van der Waals surface area contributed by atoms with Gasteiger partial charge in [-0.1, -0.05) is 32.6 Å². The summed E-state index contributed by atoms with van der Waals surface area (Å²) < 4.78 is 5.57. The van der Waals surface area contributed by atoms with Crippen molar-refractivity contribution in [3.05, 3.63) is 0 Å². The Morgan fingerprint density at radius 1 is 1.06 bits per heavy atom. The lowest BCUT2D eigenvalue weighted by molar-refractivity contribution is -0.127. The van der Waals surface area contributed by atoms with Gasteiger partial charge in [0.25, 0.3) is 0 Å². The molecule has 1 heterocycles. The van der Waals surface area contributed by atoms with Gasteiger partial charge in [0.05, 0.1) is 0 Å². The molecule has 0 bridgehead atoms. The second kappa shape index (κ2) is 10.4. The van der Waals surface area contributed by atoms with Crippen molar-refractivity contribution in [2.24, 2.45) is 0 Å². The summed E-state index contributed by atoms with van der Waals surface area (Å²) in [4.78, 5) is 13.4. The van der Waals surface area contributed by atoms with Crippen LogP contribution in [0.3, 0.4) is 0 Å². The van der Waals surface area contributed by atoms with Crippen LogP contribution in [0.2, 0.25) is 0 Å². The highest BCUT2D eigenvalue weighted by molar-refractivity contribution is 5.77. The van der Waals surface area contributed by atoms with Crippen LogP contribution in [-0.4, -0.2) is 37.1 Å². The van der Waals surface area contributed by atoms with Gasteiger partial charge in [0.1, 0.15) is 0 Å². The van der Waals surface area contributed by atoms with Gasteiger partial charge in [0.15, 0.2) is 0 Å². The van der Waals surface area contributed by atoms with E-state index in [0.29, 0.717) is 5.91 Å². The van der Waals surface area contributed by atoms with Crippen LogP contribution < -0.4 is 0 Å². The highest BCUT2D eigenvalue weighted by Crippen LogP contribution is 2.11. The van der Waals surface area contributed by atoms with Crippen LogP contribution in [0, 0.1) is 0 Å². The van der Waals surface area contributed by atoms with Gasteiger partial charge < -0.3 is 9.64 Å². The highest BCUT2D eigenvalue weighted by Gasteiger charge is 2.18. The van der Waals surface area contributed by atoms with Crippen LogP contribution in [0.5, 0.6) is 0 Å². The lowest BCUT2D eigenvalue weighted by Gasteiger charge is -2.14. The van der Waals surface area contributed by atoms with Gasteiger partial charge in [0.2, 0.25) is 5.91 Å².